The van der Waals surface area contributed by atoms with Crippen molar-refractivity contribution in [3.8, 4) is 11.5 Å². The summed E-state index contributed by atoms with van der Waals surface area (Å²) in [6, 6.07) is 8.52. The van der Waals surface area contributed by atoms with Gasteiger partial charge in [-0.05, 0) is 41.8 Å². The Balaban J connectivity index is 1.81. The Labute approximate surface area is 140 Å². The summed E-state index contributed by atoms with van der Waals surface area (Å²) >= 11 is 0. The van der Waals surface area contributed by atoms with Crippen molar-refractivity contribution in [3.63, 3.8) is 0 Å². The second-order valence-corrected chi connectivity index (χ2v) is 5.57. The summed E-state index contributed by atoms with van der Waals surface area (Å²) in [5.41, 5.74) is 0.526. The lowest BCUT2D eigenvalue weighted by molar-refractivity contribution is -0.314. The number of carboxylic acid groups (broad SMARTS) is 1. The van der Waals surface area contributed by atoms with E-state index in [0.29, 0.717) is 5.56 Å². The molecule has 8 heteroatoms. The molecular weight excluding hydrogens is 341 g/mol. The topological polar surface area (TPSA) is 78.8 Å². The van der Waals surface area contributed by atoms with Gasteiger partial charge in [-0.3, -0.25) is 0 Å². The first-order chi connectivity index (χ1) is 11.7. The number of hydrogen-bond acceptors (Lipinski definition) is 5. The van der Waals surface area contributed by atoms with Gasteiger partial charge >= 0.3 is 6.29 Å². The molecule has 25 heavy (non-hydrogen) atoms. The first kappa shape index (κ1) is 17.1. The van der Waals surface area contributed by atoms with Crippen molar-refractivity contribution in [2.45, 2.75) is 18.8 Å². The lowest BCUT2D eigenvalue weighted by Crippen LogP contribution is -2.36. The Morgan fingerprint density at radius 3 is 2.40 bits per heavy atom. The number of carbonyl (C=O) groups excluding carboxylic acids is 1. The van der Waals surface area contributed by atoms with Crippen molar-refractivity contribution >= 4 is 5.97 Å². The van der Waals surface area contributed by atoms with Gasteiger partial charge in [-0.2, -0.15) is 0 Å². The van der Waals surface area contributed by atoms with Crippen LogP contribution in [0.5, 0.6) is 11.5 Å². The molecule has 0 aromatic heterocycles. The summed E-state index contributed by atoms with van der Waals surface area (Å²) in [5, 5.41) is 21.7. The SMILES string of the molecule is O=C([O-])C(Cc1ccc2c(c1)OC(F)(F)O2)C(O)c1ccc(F)cc1. The maximum atomic E-state index is 13.0. The lowest BCUT2D eigenvalue weighted by atomic mass is 9.90. The minimum atomic E-state index is -3.78. The molecule has 2 aromatic carbocycles. The predicted molar refractivity (Wildman–Crippen MR) is 76.2 cm³/mol. The van der Waals surface area contributed by atoms with Gasteiger partial charge in [-0.25, -0.2) is 4.39 Å². The number of aliphatic hydroxyl groups is 1. The number of carbonyl (C=O) groups is 1. The molecule has 0 saturated heterocycles. The molecule has 1 aliphatic rings. The third-order valence-electron chi connectivity index (χ3n) is 3.82. The molecule has 3 rings (SSSR count). The standard InChI is InChI=1S/C17H13F3O5/c18-11-4-2-10(3-5-11)15(21)12(16(22)23)7-9-1-6-13-14(8-9)25-17(19,20)24-13/h1-6,8,12,15,21H,7H2,(H,22,23)/p-1. The first-order valence-electron chi connectivity index (χ1n) is 7.28. The van der Waals surface area contributed by atoms with E-state index in [-0.39, 0.29) is 23.5 Å². The fraction of sp³-hybridized carbons (Fsp3) is 0.235. The third-order valence-corrected chi connectivity index (χ3v) is 3.82. The van der Waals surface area contributed by atoms with E-state index in [1.807, 2.05) is 0 Å². The van der Waals surface area contributed by atoms with E-state index in [1.165, 1.54) is 30.3 Å². The Bertz CT molecular complexity index is 791. The number of aliphatic carboxylic acids is 1. The Morgan fingerprint density at radius 1 is 1.12 bits per heavy atom. The summed E-state index contributed by atoms with van der Waals surface area (Å²) in [6.45, 7) is 0. The highest BCUT2D eigenvalue weighted by atomic mass is 19.3. The minimum absolute atomic E-state index is 0.169. The smallest absolute Gasteiger partial charge is 0.550 e. The van der Waals surface area contributed by atoms with Gasteiger partial charge < -0.3 is 24.5 Å². The molecule has 1 heterocycles. The number of alkyl halides is 2. The van der Waals surface area contributed by atoms with Gasteiger partial charge in [0.15, 0.2) is 11.5 Å². The number of benzene rings is 2. The highest BCUT2D eigenvalue weighted by Crippen LogP contribution is 2.41. The van der Waals surface area contributed by atoms with E-state index in [2.05, 4.69) is 9.47 Å². The highest BCUT2D eigenvalue weighted by molar-refractivity contribution is 5.69. The quantitative estimate of drug-likeness (QED) is 0.887. The fourth-order valence-corrected chi connectivity index (χ4v) is 2.59. The van der Waals surface area contributed by atoms with Crippen LogP contribution in [0.25, 0.3) is 0 Å². The van der Waals surface area contributed by atoms with E-state index in [9.17, 15) is 28.2 Å². The van der Waals surface area contributed by atoms with Crippen molar-refractivity contribution in [1.82, 2.24) is 0 Å². The van der Waals surface area contributed by atoms with Crippen molar-refractivity contribution in [1.29, 1.82) is 0 Å². The number of carboxylic acids is 1. The molecule has 0 aliphatic carbocycles. The monoisotopic (exact) mass is 353 g/mol. The van der Waals surface area contributed by atoms with Gasteiger partial charge in [0.1, 0.15) is 5.82 Å². The second kappa shape index (κ2) is 6.29. The molecule has 2 atom stereocenters. The molecular formula is C17H12F3O5-. The maximum absolute atomic E-state index is 13.0. The molecule has 0 amide bonds. The summed E-state index contributed by atoms with van der Waals surface area (Å²) in [7, 11) is 0. The number of aliphatic hydroxyl groups excluding tert-OH is 1. The lowest BCUT2D eigenvalue weighted by Gasteiger charge is -2.24. The summed E-state index contributed by atoms with van der Waals surface area (Å²) in [4.78, 5) is 11.4. The molecule has 2 unspecified atom stereocenters. The minimum Gasteiger partial charge on any atom is -0.550 e. The molecule has 0 spiro atoms. The van der Waals surface area contributed by atoms with Gasteiger partial charge in [0.25, 0.3) is 0 Å². The van der Waals surface area contributed by atoms with E-state index in [0.717, 1.165) is 12.1 Å². The molecule has 1 aliphatic heterocycles. The van der Waals surface area contributed by atoms with Crippen LogP contribution in [0.1, 0.15) is 17.2 Å². The van der Waals surface area contributed by atoms with E-state index < -0.39 is 30.1 Å². The average Bonchev–Trinajstić information content (AvgIpc) is 2.85. The fourth-order valence-electron chi connectivity index (χ4n) is 2.59. The van der Waals surface area contributed by atoms with Gasteiger partial charge in [0, 0.05) is 11.9 Å². The number of rotatable bonds is 5. The second-order valence-electron chi connectivity index (χ2n) is 5.57. The van der Waals surface area contributed by atoms with Gasteiger partial charge in [0.2, 0.25) is 0 Å². The maximum Gasteiger partial charge on any atom is 0.586 e. The molecule has 0 bridgehead atoms. The summed E-state index contributed by atoms with van der Waals surface area (Å²) in [5.74, 6) is -3.82. The van der Waals surface area contributed by atoms with Crippen LogP contribution in [-0.4, -0.2) is 17.4 Å². The molecule has 0 saturated carbocycles. The number of ether oxygens (including phenoxy) is 2. The zero-order chi connectivity index (χ0) is 18.2. The molecule has 0 radical (unpaired) electrons. The average molecular weight is 353 g/mol. The van der Waals surface area contributed by atoms with Crippen LogP contribution in [0.2, 0.25) is 0 Å². The Morgan fingerprint density at radius 2 is 1.76 bits per heavy atom. The van der Waals surface area contributed by atoms with E-state index in [1.54, 1.807) is 0 Å². The van der Waals surface area contributed by atoms with Crippen LogP contribution in [0, 0.1) is 11.7 Å². The molecule has 1 N–H and O–H groups in total. The van der Waals surface area contributed by atoms with E-state index in [4.69, 9.17) is 0 Å². The normalized spacial score (nSPS) is 17.1. The third kappa shape index (κ3) is 3.69. The van der Waals surface area contributed by atoms with Crippen molar-refractivity contribution in [2.75, 3.05) is 0 Å². The van der Waals surface area contributed by atoms with Gasteiger partial charge in [-0.1, -0.05) is 18.2 Å². The van der Waals surface area contributed by atoms with Crippen LogP contribution in [0.15, 0.2) is 42.5 Å². The Hall–Kier alpha value is -2.74. The van der Waals surface area contributed by atoms with E-state index >= 15 is 0 Å². The predicted octanol–water partition coefficient (Wildman–Crippen LogP) is 1.79. The number of hydrogen-bond donors (Lipinski definition) is 1. The van der Waals surface area contributed by atoms with Crippen LogP contribution in [-0.2, 0) is 11.2 Å². The van der Waals surface area contributed by atoms with Gasteiger partial charge in [0.05, 0.1) is 6.10 Å². The Kier molecular flexibility index (Phi) is 4.30. The van der Waals surface area contributed by atoms with Crippen LogP contribution in [0.3, 0.4) is 0 Å². The first-order valence-corrected chi connectivity index (χ1v) is 7.28. The zero-order valence-electron chi connectivity index (χ0n) is 12.6. The van der Waals surface area contributed by atoms with Gasteiger partial charge in [-0.15, -0.1) is 8.78 Å². The van der Waals surface area contributed by atoms with Crippen molar-refractivity contribution < 1.29 is 37.7 Å². The number of fused-ring (bicyclic) bond motifs is 1. The highest BCUT2D eigenvalue weighted by Gasteiger charge is 2.43. The molecule has 132 valence electrons. The van der Waals surface area contributed by atoms with Crippen LogP contribution in [0.4, 0.5) is 13.2 Å². The number of halogens is 3. The van der Waals surface area contributed by atoms with Crippen molar-refractivity contribution in [2.24, 2.45) is 5.92 Å². The molecule has 0 fully saturated rings. The summed E-state index contributed by atoms with van der Waals surface area (Å²) in [6.07, 6.45) is -5.44. The largest absolute Gasteiger partial charge is 0.586 e. The summed E-state index contributed by atoms with van der Waals surface area (Å²) < 4.78 is 47.6. The van der Waals surface area contributed by atoms with Crippen LogP contribution >= 0.6 is 0 Å². The van der Waals surface area contributed by atoms with Crippen LogP contribution < -0.4 is 14.6 Å². The zero-order valence-corrected chi connectivity index (χ0v) is 12.6. The van der Waals surface area contributed by atoms with Crippen molar-refractivity contribution in [3.05, 3.63) is 59.4 Å². The molecule has 2 aromatic rings. The molecule has 5 nitrogen and oxygen atoms in total.